The first-order valence-electron chi connectivity index (χ1n) is 7.48. The molecule has 2 aliphatic heterocycles. The van der Waals surface area contributed by atoms with Crippen LogP contribution in [0, 0.1) is 12.7 Å². The Morgan fingerprint density at radius 1 is 1.32 bits per heavy atom. The maximum absolute atomic E-state index is 14.0. The van der Waals surface area contributed by atoms with E-state index >= 15 is 0 Å². The Hall–Kier alpha value is -1.02. The third-order valence-electron chi connectivity index (χ3n) is 4.53. The monoisotopic (exact) mass is 328 g/mol. The molecule has 2 heterocycles. The Bertz CT molecular complexity index is 665. The number of nitrogens with zero attached hydrogens (tertiary/aromatic N) is 2. The van der Waals surface area contributed by atoms with Crippen LogP contribution < -0.4 is 0 Å². The molecule has 0 aromatic heterocycles. The predicted octanol–water partition coefficient (Wildman–Crippen LogP) is 1.23. The predicted molar refractivity (Wildman–Crippen MR) is 80.7 cm³/mol. The first-order chi connectivity index (χ1) is 10.4. The molecule has 0 amide bonds. The van der Waals surface area contributed by atoms with E-state index in [0.717, 1.165) is 12.1 Å². The SMILES string of the molecule is Cc1ccc(F)c(S(=O)(=O)N2CC[C@H]3OCCN(C)[C@@H]3C2)c1. The number of morpholine rings is 1. The Balaban J connectivity index is 1.88. The van der Waals surface area contributed by atoms with E-state index in [1.807, 2.05) is 7.05 Å². The summed E-state index contributed by atoms with van der Waals surface area (Å²) in [4.78, 5) is 1.90. The molecule has 2 saturated heterocycles. The Kier molecular flexibility index (Phi) is 4.24. The van der Waals surface area contributed by atoms with Crippen LogP contribution >= 0.6 is 0 Å². The minimum absolute atomic E-state index is 0.0325. The molecular formula is C15H21FN2O3S. The van der Waals surface area contributed by atoms with E-state index in [0.29, 0.717) is 26.1 Å². The highest BCUT2D eigenvalue weighted by atomic mass is 32.2. The maximum atomic E-state index is 14.0. The highest BCUT2D eigenvalue weighted by Crippen LogP contribution is 2.27. The quantitative estimate of drug-likeness (QED) is 0.819. The number of rotatable bonds is 2. The summed E-state index contributed by atoms with van der Waals surface area (Å²) in [5.74, 6) is -0.694. The van der Waals surface area contributed by atoms with Gasteiger partial charge in [0, 0.05) is 25.7 Å². The van der Waals surface area contributed by atoms with Crippen LogP contribution in [0.15, 0.2) is 23.1 Å². The van der Waals surface area contributed by atoms with E-state index in [4.69, 9.17) is 4.74 Å². The molecule has 0 radical (unpaired) electrons. The second kappa shape index (κ2) is 5.88. The van der Waals surface area contributed by atoms with Crippen molar-refractivity contribution in [3.63, 3.8) is 0 Å². The normalized spacial score (nSPS) is 27.6. The number of ether oxygens (including phenoxy) is 1. The third-order valence-corrected chi connectivity index (χ3v) is 6.41. The van der Waals surface area contributed by atoms with Gasteiger partial charge in [0.15, 0.2) is 0 Å². The molecule has 2 fully saturated rings. The van der Waals surface area contributed by atoms with E-state index in [9.17, 15) is 12.8 Å². The summed E-state index contributed by atoms with van der Waals surface area (Å²) >= 11 is 0. The Labute approximate surface area is 130 Å². The molecule has 0 unspecified atom stereocenters. The van der Waals surface area contributed by atoms with E-state index in [1.54, 1.807) is 13.0 Å². The topological polar surface area (TPSA) is 49.9 Å². The number of piperidine rings is 1. The molecule has 0 saturated carbocycles. The van der Waals surface area contributed by atoms with Gasteiger partial charge < -0.3 is 4.74 Å². The minimum atomic E-state index is -3.81. The summed E-state index contributed by atoms with van der Waals surface area (Å²) in [5.41, 5.74) is 0.730. The van der Waals surface area contributed by atoms with E-state index in [2.05, 4.69) is 4.90 Å². The minimum Gasteiger partial charge on any atom is -0.375 e. The maximum Gasteiger partial charge on any atom is 0.246 e. The number of likely N-dealkylation sites (N-methyl/N-ethyl adjacent to an activating group) is 1. The number of sulfonamides is 1. The van der Waals surface area contributed by atoms with Crippen molar-refractivity contribution in [1.29, 1.82) is 0 Å². The molecule has 22 heavy (non-hydrogen) atoms. The van der Waals surface area contributed by atoms with Gasteiger partial charge in [0.25, 0.3) is 0 Å². The van der Waals surface area contributed by atoms with Crippen molar-refractivity contribution in [3.05, 3.63) is 29.6 Å². The first-order valence-corrected chi connectivity index (χ1v) is 8.92. The lowest BCUT2D eigenvalue weighted by atomic mass is 10.0. The van der Waals surface area contributed by atoms with Gasteiger partial charge in [0.2, 0.25) is 10.0 Å². The molecule has 1 aromatic rings. The van der Waals surface area contributed by atoms with Gasteiger partial charge in [-0.25, -0.2) is 12.8 Å². The summed E-state index contributed by atoms with van der Waals surface area (Å²) < 4.78 is 46.6. The summed E-state index contributed by atoms with van der Waals surface area (Å²) in [6.07, 6.45) is 0.703. The number of halogens is 1. The van der Waals surface area contributed by atoms with Crippen molar-refractivity contribution in [3.8, 4) is 0 Å². The molecule has 1 aromatic carbocycles. The van der Waals surface area contributed by atoms with Crippen LogP contribution in [0.1, 0.15) is 12.0 Å². The third kappa shape index (κ3) is 2.78. The second-order valence-electron chi connectivity index (χ2n) is 6.04. The average Bonchev–Trinajstić information content (AvgIpc) is 2.49. The summed E-state index contributed by atoms with van der Waals surface area (Å²) in [6.45, 7) is 3.93. The van der Waals surface area contributed by atoms with Crippen LogP contribution in [0.5, 0.6) is 0 Å². The van der Waals surface area contributed by atoms with Crippen LogP contribution in [-0.4, -0.2) is 63.1 Å². The molecule has 0 N–H and O–H groups in total. The molecule has 0 spiro atoms. The van der Waals surface area contributed by atoms with Crippen molar-refractivity contribution >= 4 is 10.0 Å². The Morgan fingerprint density at radius 3 is 2.86 bits per heavy atom. The highest BCUT2D eigenvalue weighted by Gasteiger charge is 2.40. The van der Waals surface area contributed by atoms with E-state index < -0.39 is 15.8 Å². The number of aryl methyl sites for hydroxylation is 1. The largest absolute Gasteiger partial charge is 0.375 e. The zero-order valence-electron chi connectivity index (χ0n) is 12.8. The van der Waals surface area contributed by atoms with Crippen LogP contribution in [0.3, 0.4) is 0 Å². The summed E-state index contributed by atoms with van der Waals surface area (Å²) in [7, 11) is -1.84. The molecule has 0 bridgehead atoms. The summed E-state index contributed by atoms with van der Waals surface area (Å²) in [6, 6.07) is 4.22. The zero-order valence-corrected chi connectivity index (χ0v) is 13.6. The number of benzene rings is 1. The van der Waals surface area contributed by atoms with Crippen molar-refractivity contribution < 1.29 is 17.5 Å². The van der Waals surface area contributed by atoms with Crippen LogP contribution in [0.2, 0.25) is 0 Å². The van der Waals surface area contributed by atoms with Crippen molar-refractivity contribution in [1.82, 2.24) is 9.21 Å². The van der Waals surface area contributed by atoms with Gasteiger partial charge in [-0.2, -0.15) is 4.31 Å². The molecule has 2 aliphatic rings. The summed E-state index contributed by atoms with van der Waals surface area (Å²) in [5, 5.41) is 0. The standard InChI is InChI=1S/C15H21FN2O3S/c1-11-3-4-12(16)15(9-11)22(19,20)18-6-5-14-13(10-18)17(2)7-8-21-14/h3-4,9,13-14H,5-8,10H2,1-2H3/t13-,14-/m1/s1. The number of hydrogen-bond donors (Lipinski definition) is 0. The van der Waals surface area contributed by atoms with E-state index in [-0.39, 0.29) is 17.0 Å². The lowest BCUT2D eigenvalue weighted by molar-refractivity contribution is -0.0840. The molecule has 3 rings (SSSR count). The first kappa shape index (κ1) is 15.9. The molecule has 0 aliphatic carbocycles. The molecule has 122 valence electrons. The van der Waals surface area contributed by atoms with E-state index in [1.165, 1.54) is 16.4 Å². The molecule has 2 atom stereocenters. The fraction of sp³-hybridized carbons (Fsp3) is 0.600. The van der Waals surface area contributed by atoms with Gasteiger partial charge in [-0.1, -0.05) is 6.07 Å². The fourth-order valence-corrected chi connectivity index (χ4v) is 4.80. The molecule has 5 nitrogen and oxygen atoms in total. The fourth-order valence-electron chi connectivity index (χ4n) is 3.18. The van der Waals surface area contributed by atoms with Crippen LogP contribution in [0.4, 0.5) is 4.39 Å². The van der Waals surface area contributed by atoms with Gasteiger partial charge in [-0.05, 0) is 38.1 Å². The van der Waals surface area contributed by atoms with Crippen molar-refractivity contribution in [2.24, 2.45) is 0 Å². The van der Waals surface area contributed by atoms with Crippen LogP contribution in [-0.2, 0) is 14.8 Å². The van der Waals surface area contributed by atoms with Gasteiger partial charge >= 0.3 is 0 Å². The second-order valence-corrected chi connectivity index (χ2v) is 7.95. The highest BCUT2D eigenvalue weighted by molar-refractivity contribution is 7.89. The molecular weight excluding hydrogens is 307 g/mol. The average molecular weight is 328 g/mol. The van der Waals surface area contributed by atoms with Gasteiger partial charge in [-0.3, -0.25) is 4.90 Å². The van der Waals surface area contributed by atoms with Crippen LogP contribution in [0.25, 0.3) is 0 Å². The lowest BCUT2D eigenvalue weighted by Crippen LogP contribution is -2.59. The lowest BCUT2D eigenvalue weighted by Gasteiger charge is -2.45. The Morgan fingerprint density at radius 2 is 2.09 bits per heavy atom. The van der Waals surface area contributed by atoms with Gasteiger partial charge in [0.05, 0.1) is 12.7 Å². The zero-order chi connectivity index (χ0) is 15.9. The smallest absolute Gasteiger partial charge is 0.246 e. The number of hydrogen-bond acceptors (Lipinski definition) is 4. The number of fused-ring (bicyclic) bond motifs is 1. The van der Waals surface area contributed by atoms with Gasteiger partial charge in [0.1, 0.15) is 10.7 Å². The van der Waals surface area contributed by atoms with Crippen molar-refractivity contribution in [2.75, 3.05) is 33.3 Å². The van der Waals surface area contributed by atoms with Gasteiger partial charge in [-0.15, -0.1) is 0 Å². The molecule has 7 heteroatoms. The van der Waals surface area contributed by atoms with Crippen molar-refractivity contribution in [2.45, 2.75) is 30.4 Å².